The zero-order valence-electron chi connectivity index (χ0n) is 42.9. The van der Waals surface area contributed by atoms with Crippen molar-refractivity contribution < 1.29 is 42.2 Å². The van der Waals surface area contributed by atoms with Gasteiger partial charge in [-0.3, -0.25) is 10.2 Å². The van der Waals surface area contributed by atoms with Crippen molar-refractivity contribution in [3.8, 4) is 46.1 Å². The number of carbonyl (C=O) groups excluding carboxylic acids is 4. The summed E-state index contributed by atoms with van der Waals surface area (Å²) >= 11 is 19.4. The minimum absolute atomic E-state index is 0.00637. The first-order valence-electron chi connectivity index (χ1n) is 22.4. The zero-order chi connectivity index (χ0) is 59.1. The topological polar surface area (TPSA) is 396 Å². The molecule has 6 aromatic heterocycles. The average Bonchev–Trinajstić information content (AvgIpc) is 4.12. The maximum Gasteiger partial charge on any atom is 0.425 e. The number of hydrogen-bond acceptors (Lipinski definition) is 25. The van der Waals surface area contributed by atoms with E-state index in [-0.39, 0.29) is 58.0 Å². The fourth-order valence-corrected chi connectivity index (χ4v) is 7.51. The molecule has 0 radical (unpaired) electrons. The summed E-state index contributed by atoms with van der Waals surface area (Å²) < 4.78 is 28.5. The van der Waals surface area contributed by atoms with Gasteiger partial charge in [-0.25, -0.2) is 60.1 Å². The van der Waals surface area contributed by atoms with Gasteiger partial charge < -0.3 is 40.2 Å². The highest BCUT2D eigenvalue weighted by atomic mass is 79.9. The van der Waals surface area contributed by atoms with Crippen molar-refractivity contribution in [3.05, 3.63) is 114 Å². The first kappa shape index (κ1) is 63.8. The lowest BCUT2D eigenvalue weighted by molar-refractivity contribution is 0.0427. The predicted octanol–water partition coefficient (Wildman–Crippen LogP) is 9.99. The number of benzene rings is 2. The SMILES string of the molecule is CC(C)(C)OC(=O)N(C(=O)OC(C)(C)C)c1ncc(Br)nc1-c1nnc(-c2ccc(CBr)cc2)o1.COC(=O)c1nc(Br)cnc1N.NNC(=O)c1nc(Br)cnc1N.Nc1ncc(Br)nc1-c1nnc(-c2ccc(CBr)cc2)o1. The summed E-state index contributed by atoms with van der Waals surface area (Å²) in [5.41, 5.74) is 20.8. The average molecular weight is 1490 g/mol. The Hall–Kier alpha value is -7.04. The highest BCUT2D eigenvalue weighted by Crippen LogP contribution is 2.33. The van der Waals surface area contributed by atoms with Crippen molar-refractivity contribution >= 4 is 143 Å². The van der Waals surface area contributed by atoms with E-state index in [1.165, 1.54) is 37.5 Å². The number of imide groups is 1. The molecule has 420 valence electrons. The maximum atomic E-state index is 13.1. The molecular formula is C47H46Br6N18O9. The van der Waals surface area contributed by atoms with E-state index in [2.05, 4.69) is 161 Å². The number of aromatic nitrogens is 12. The standard InChI is InChI=1S/C23H25Br2N5O5.C13H9Br2N5O.C6H6BrN3O2.C5H6BrN5O/c1-22(2,3)34-20(31)30(21(32)35-23(4,5)6)17-16(27-15(25)12-26-17)19-29-28-18(33-19)14-9-7-13(11-24)8-10-14;14-5-7-1-3-8(4-2-7)12-19-20-13(21-12)10-11(16)17-6-9(15)18-10;1-12-6(11)4-5(8)9-2-3(7)10-4;6-2-1-9-4(7)3(10-2)5(12)11-8/h7-10,12H,11H2,1-6H3;1-4,6H,5H2,(H2,16,17);2H,1H3,(H2,8,9);1H,8H2,(H2,7,9)(H,11,12). The number of halogens is 6. The summed E-state index contributed by atoms with van der Waals surface area (Å²) in [4.78, 5) is 80.6. The molecule has 0 atom stereocenters. The number of nitrogens with zero attached hydrogens (tertiary/aromatic N) is 13. The van der Waals surface area contributed by atoms with E-state index in [9.17, 15) is 19.2 Å². The van der Waals surface area contributed by atoms with Gasteiger partial charge in [0.15, 0.2) is 46.0 Å². The van der Waals surface area contributed by atoms with E-state index < -0.39 is 35.3 Å². The number of nitrogens with one attached hydrogen (secondary N) is 1. The number of amides is 3. The quantitative estimate of drug-likeness (QED) is 0.0224. The molecule has 80 heavy (non-hydrogen) atoms. The molecule has 0 bridgehead atoms. The Morgan fingerprint density at radius 1 is 0.550 bits per heavy atom. The molecule has 8 rings (SSSR count). The monoisotopic (exact) mass is 1480 g/mol. The number of alkyl halides is 2. The van der Waals surface area contributed by atoms with Crippen molar-refractivity contribution in [2.45, 2.75) is 63.4 Å². The minimum Gasteiger partial charge on any atom is -0.464 e. The maximum absolute atomic E-state index is 13.1. The summed E-state index contributed by atoms with van der Waals surface area (Å²) in [6, 6.07) is 15.3. The summed E-state index contributed by atoms with van der Waals surface area (Å²) in [7, 11) is 1.25. The lowest BCUT2D eigenvalue weighted by atomic mass is 10.1. The first-order valence-corrected chi connectivity index (χ1v) is 27.9. The van der Waals surface area contributed by atoms with Crippen LogP contribution in [0.5, 0.6) is 0 Å². The number of methoxy groups -OCH3 is 1. The van der Waals surface area contributed by atoms with Gasteiger partial charge in [-0.05, 0) is 141 Å². The van der Waals surface area contributed by atoms with Gasteiger partial charge in [0.2, 0.25) is 11.8 Å². The Balaban J connectivity index is 0.000000219. The van der Waals surface area contributed by atoms with Crippen molar-refractivity contribution in [1.82, 2.24) is 65.7 Å². The van der Waals surface area contributed by atoms with Gasteiger partial charge in [-0.15, -0.1) is 20.4 Å². The van der Waals surface area contributed by atoms with Crippen LogP contribution in [0.15, 0.2) is 101 Å². The van der Waals surface area contributed by atoms with Crippen molar-refractivity contribution in [2.75, 3.05) is 29.2 Å². The smallest absolute Gasteiger partial charge is 0.425 e. The van der Waals surface area contributed by atoms with E-state index in [4.69, 9.17) is 41.4 Å². The molecule has 0 aliphatic carbocycles. The van der Waals surface area contributed by atoms with Gasteiger partial charge in [0.25, 0.3) is 17.7 Å². The minimum atomic E-state index is -0.991. The number of hydrogen-bond donors (Lipinski definition) is 5. The molecule has 0 aliphatic heterocycles. The molecule has 0 unspecified atom stereocenters. The Bertz CT molecular complexity index is 3360. The molecule has 33 heteroatoms. The van der Waals surface area contributed by atoms with E-state index >= 15 is 0 Å². The third kappa shape index (κ3) is 18.5. The predicted molar refractivity (Wildman–Crippen MR) is 313 cm³/mol. The van der Waals surface area contributed by atoms with Crippen LogP contribution < -0.4 is 33.4 Å². The number of hydrazine groups is 1. The molecule has 0 fully saturated rings. The van der Waals surface area contributed by atoms with Crippen molar-refractivity contribution in [2.24, 2.45) is 5.84 Å². The van der Waals surface area contributed by atoms with Crippen molar-refractivity contribution in [3.63, 3.8) is 0 Å². The molecule has 8 aromatic rings. The third-order valence-electron chi connectivity index (χ3n) is 9.09. The van der Waals surface area contributed by atoms with E-state index in [1.807, 2.05) is 54.0 Å². The van der Waals surface area contributed by atoms with Crippen LogP contribution in [-0.2, 0) is 24.9 Å². The zero-order valence-corrected chi connectivity index (χ0v) is 52.4. The Kier molecular flexibility index (Phi) is 23.0. The van der Waals surface area contributed by atoms with Gasteiger partial charge in [0.1, 0.15) is 29.6 Å². The van der Waals surface area contributed by atoms with Crippen LogP contribution in [0, 0.1) is 0 Å². The fraction of sp³-hybridized carbons (Fsp3) is 0.234. The second-order valence-electron chi connectivity index (χ2n) is 17.4. The molecule has 6 heterocycles. The normalized spacial score (nSPS) is 10.8. The van der Waals surface area contributed by atoms with Crippen LogP contribution in [0.1, 0.15) is 73.6 Å². The van der Waals surface area contributed by atoms with Gasteiger partial charge in [0.05, 0.1) is 31.9 Å². The first-order chi connectivity index (χ1) is 37.7. The second-order valence-corrected chi connectivity index (χ2v) is 21.8. The van der Waals surface area contributed by atoms with Crippen molar-refractivity contribution in [1.29, 1.82) is 0 Å². The summed E-state index contributed by atoms with van der Waals surface area (Å²) in [6.45, 7) is 10.1. The Morgan fingerprint density at radius 2 is 0.925 bits per heavy atom. The van der Waals surface area contributed by atoms with Crippen LogP contribution in [0.4, 0.5) is 32.9 Å². The van der Waals surface area contributed by atoms with Crippen LogP contribution in [-0.4, -0.2) is 103 Å². The van der Waals surface area contributed by atoms with E-state index in [0.29, 0.717) is 45.8 Å². The number of rotatable bonds is 9. The van der Waals surface area contributed by atoms with E-state index in [1.54, 1.807) is 41.5 Å². The van der Waals surface area contributed by atoms with Gasteiger partial charge in [0, 0.05) is 21.8 Å². The van der Waals surface area contributed by atoms with E-state index in [0.717, 1.165) is 16.5 Å². The molecule has 0 saturated heterocycles. The molecule has 9 N–H and O–H groups in total. The van der Waals surface area contributed by atoms with Crippen LogP contribution in [0.25, 0.3) is 46.1 Å². The number of ether oxygens (including phenoxy) is 3. The number of nitrogen functional groups attached to an aromatic ring is 4. The summed E-state index contributed by atoms with van der Waals surface area (Å²) in [6.07, 6.45) is 3.65. The van der Waals surface area contributed by atoms with Gasteiger partial charge in [-0.2, -0.15) is 4.90 Å². The lowest BCUT2D eigenvalue weighted by Gasteiger charge is -2.28. The number of carbonyl (C=O) groups is 4. The number of esters is 1. The Labute approximate surface area is 505 Å². The summed E-state index contributed by atoms with van der Waals surface area (Å²) in [5, 5.41) is 17.7. The molecule has 2 aromatic carbocycles. The Morgan fingerprint density at radius 3 is 1.35 bits per heavy atom. The highest BCUT2D eigenvalue weighted by Gasteiger charge is 2.37. The van der Waals surface area contributed by atoms with Crippen LogP contribution >= 0.6 is 95.6 Å². The molecule has 3 amide bonds. The molecule has 27 nitrogen and oxygen atoms in total. The molecular weight excluding hydrogens is 1440 g/mol. The number of anilines is 4. The third-order valence-corrected chi connectivity index (χ3v) is 11.9. The second kappa shape index (κ2) is 28.9. The lowest BCUT2D eigenvalue weighted by Crippen LogP contribution is -2.44. The number of nitrogens with two attached hydrogens (primary N) is 4. The largest absolute Gasteiger partial charge is 0.464 e. The van der Waals surface area contributed by atoms with Gasteiger partial charge >= 0.3 is 18.2 Å². The summed E-state index contributed by atoms with van der Waals surface area (Å²) in [5.74, 6) is 4.71. The molecule has 0 spiro atoms. The van der Waals surface area contributed by atoms with Gasteiger partial charge in [-0.1, -0.05) is 56.1 Å². The van der Waals surface area contributed by atoms with Crippen LogP contribution in [0.3, 0.4) is 0 Å². The molecule has 0 saturated carbocycles. The highest BCUT2D eigenvalue weighted by molar-refractivity contribution is 9.11. The molecule has 0 aliphatic rings. The van der Waals surface area contributed by atoms with Crippen LogP contribution in [0.2, 0.25) is 0 Å². The fourth-order valence-electron chi connectivity index (χ4n) is 5.65.